The maximum atomic E-state index is 13.2. The third-order valence-corrected chi connectivity index (χ3v) is 12.6. The van der Waals surface area contributed by atoms with Gasteiger partial charge in [-0.15, -0.1) is 0 Å². The number of aliphatic hydroxyl groups is 2. The molecule has 0 rings (SSSR count). The van der Waals surface area contributed by atoms with Gasteiger partial charge in [0.05, 0.1) is 25.2 Å². The van der Waals surface area contributed by atoms with Gasteiger partial charge in [-0.2, -0.15) is 0 Å². The minimum atomic E-state index is -0.814. The highest BCUT2D eigenvalue weighted by Crippen LogP contribution is 2.17. The number of hydrogen-bond acceptors (Lipinski definition) is 5. The van der Waals surface area contributed by atoms with Crippen LogP contribution in [-0.4, -0.2) is 46.9 Å². The molecule has 1 amide bonds. The number of hydrogen-bond donors (Lipinski definition) is 3. The van der Waals surface area contributed by atoms with Gasteiger partial charge in [0, 0.05) is 12.8 Å². The molecule has 0 aromatic heterocycles. The average Bonchev–Trinajstić information content (AvgIpc) is 3.30. The Hall–Kier alpha value is -2.44. The molecule has 3 atom stereocenters. The number of carbonyl (C=O) groups excluding carboxylic acids is 2. The Labute approximate surface area is 403 Å². The van der Waals surface area contributed by atoms with Crippen LogP contribution in [0.4, 0.5) is 0 Å². The molecule has 65 heavy (non-hydrogen) atoms. The van der Waals surface area contributed by atoms with Crippen LogP contribution >= 0.6 is 0 Å². The summed E-state index contributed by atoms with van der Waals surface area (Å²) in [5.41, 5.74) is 0. The molecule has 3 N–H and O–H groups in total. The highest BCUT2D eigenvalue weighted by molar-refractivity contribution is 5.77. The van der Waals surface area contributed by atoms with E-state index < -0.39 is 18.2 Å². The summed E-state index contributed by atoms with van der Waals surface area (Å²) in [6, 6.07) is -0.734. The molecule has 0 spiro atoms. The summed E-state index contributed by atoms with van der Waals surface area (Å²) in [4.78, 5) is 26.2. The molecular weight excluding hydrogens is 803 g/mol. The van der Waals surface area contributed by atoms with Gasteiger partial charge in [0.2, 0.25) is 5.91 Å². The maximum absolute atomic E-state index is 13.2. The summed E-state index contributed by atoms with van der Waals surface area (Å²) in [6.07, 6.45) is 65.8. The fourth-order valence-electron chi connectivity index (χ4n) is 8.29. The minimum Gasteiger partial charge on any atom is -0.461 e. The van der Waals surface area contributed by atoms with E-state index in [0.29, 0.717) is 19.3 Å². The molecular formula is C59H107NO5. The van der Waals surface area contributed by atoms with Gasteiger partial charge in [-0.1, -0.05) is 248 Å². The Morgan fingerprint density at radius 3 is 1.28 bits per heavy atom. The summed E-state index contributed by atoms with van der Waals surface area (Å²) < 4.78 is 5.88. The normalized spacial score (nSPS) is 13.6. The summed E-state index contributed by atoms with van der Waals surface area (Å²) in [6.45, 7) is 6.44. The molecule has 0 radical (unpaired) electrons. The zero-order valence-corrected chi connectivity index (χ0v) is 43.1. The number of rotatable bonds is 50. The lowest BCUT2D eigenvalue weighted by Gasteiger charge is -2.24. The molecule has 378 valence electrons. The van der Waals surface area contributed by atoms with Crippen molar-refractivity contribution in [2.45, 2.75) is 296 Å². The number of esters is 1. The number of unbranched alkanes of at least 4 members (excludes halogenated alkanes) is 29. The van der Waals surface area contributed by atoms with E-state index in [4.69, 9.17) is 4.74 Å². The van der Waals surface area contributed by atoms with Crippen molar-refractivity contribution in [3.63, 3.8) is 0 Å². The van der Waals surface area contributed by atoms with E-state index in [1.54, 1.807) is 0 Å². The molecule has 0 aliphatic heterocycles. The zero-order valence-electron chi connectivity index (χ0n) is 43.1. The van der Waals surface area contributed by atoms with Gasteiger partial charge in [0.1, 0.15) is 6.10 Å². The number of aliphatic hydroxyl groups excluding tert-OH is 2. The van der Waals surface area contributed by atoms with Gasteiger partial charge in [0.15, 0.2) is 0 Å². The fourth-order valence-corrected chi connectivity index (χ4v) is 8.29. The van der Waals surface area contributed by atoms with Gasteiger partial charge in [-0.05, 0) is 70.6 Å². The second kappa shape index (κ2) is 52.5. The van der Waals surface area contributed by atoms with Crippen LogP contribution in [0.1, 0.15) is 278 Å². The van der Waals surface area contributed by atoms with Crippen LogP contribution in [0.5, 0.6) is 0 Å². The molecule has 0 saturated carbocycles. The molecule has 6 nitrogen and oxygen atoms in total. The van der Waals surface area contributed by atoms with Crippen molar-refractivity contribution in [2.75, 3.05) is 6.61 Å². The number of carbonyl (C=O) groups is 2. The van der Waals surface area contributed by atoms with E-state index in [1.165, 1.54) is 167 Å². The Kier molecular flexibility index (Phi) is 50.6. The van der Waals surface area contributed by atoms with Crippen LogP contribution in [-0.2, 0) is 14.3 Å². The van der Waals surface area contributed by atoms with E-state index in [9.17, 15) is 19.8 Å². The third kappa shape index (κ3) is 47.8. The summed E-state index contributed by atoms with van der Waals surface area (Å²) in [5.74, 6) is -0.580. The Morgan fingerprint density at radius 1 is 0.462 bits per heavy atom. The Morgan fingerprint density at radius 2 is 0.815 bits per heavy atom. The molecule has 0 bridgehead atoms. The van der Waals surface area contributed by atoms with Crippen molar-refractivity contribution in [3.05, 3.63) is 60.8 Å². The monoisotopic (exact) mass is 910 g/mol. The fraction of sp³-hybridized carbons (Fsp3) is 0.797. The van der Waals surface area contributed by atoms with Crippen molar-refractivity contribution >= 4 is 11.9 Å². The quantitative estimate of drug-likeness (QED) is 0.0321. The lowest BCUT2D eigenvalue weighted by molar-refractivity contribution is -0.150. The molecule has 0 aromatic carbocycles. The number of nitrogens with one attached hydrogen (secondary N) is 1. The van der Waals surface area contributed by atoms with E-state index in [2.05, 4.69) is 80.8 Å². The van der Waals surface area contributed by atoms with Crippen molar-refractivity contribution in [1.29, 1.82) is 0 Å². The molecule has 6 heteroatoms. The van der Waals surface area contributed by atoms with Crippen LogP contribution < -0.4 is 5.32 Å². The standard InChI is InChI=1S/C59H107NO5/c1-4-7-10-13-16-19-22-25-28-31-34-37-40-43-46-49-52-59(64)65-55(50-47-44-41-38-35-32-29-26-23-20-17-14-11-8-5-2)53-58(63)60-56(54-61)57(62)51-48-45-42-39-36-33-30-27-24-21-18-15-12-9-6-3/h17,20,26,28-29,31,35,38,44,47,55-57,61-62H,4-16,18-19,21-25,27,30,32-34,36-37,39-43,45-46,48-54H2,1-3H3,(H,60,63)/b20-17-,29-26-,31-28+,38-35-,47-44-. The first kappa shape index (κ1) is 62.6. The first-order valence-corrected chi connectivity index (χ1v) is 28.0. The van der Waals surface area contributed by atoms with Gasteiger partial charge < -0.3 is 20.3 Å². The zero-order chi connectivity index (χ0) is 47.4. The molecule has 0 aliphatic carbocycles. The average molecular weight is 911 g/mol. The van der Waals surface area contributed by atoms with Crippen molar-refractivity contribution in [1.82, 2.24) is 5.32 Å². The molecule has 0 fully saturated rings. The Bertz CT molecular complexity index is 1160. The second-order valence-electron chi connectivity index (χ2n) is 19.0. The topological polar surface area (TPSA) is 95.9 Å². The van der Waals surface area contributed by atoms with E-state index >= 15 is 0 Å². The molecule has 0 saturated heterocycles. The molecule has 0 aliphatic rings. The number of ether oxygens (including phenoxy) is 1. The maximum Gasteiger partial charge on any atom is 0.306 e. The van der Waals surface area contributed by atoms with Crippen LogP contribution in [0.3, 0.4) is 0 Å². The van der Waals surface area contributed by atoms with Crippen LogP contribution in [0.15, 0.2) is 60.8 Å². The highest BCUT2D eigenvalue weighted by atomic mass is 16.5. The number of amides is 1. The van der Waals surface area contributed by atoms with Crippen molar-refractivity contribution in [3.8, 4) is 0 Å². The molecule has 0 aromatic rings. The SMILES string of the molecule is CCCCC/C=C\C/C=C\C/C=C\C/C=C\CC(CC(=O)NC(CO)C(O)CCCCCCCCCCCCCCCCC)OC(=O)CCCCCCC/C=C/CCCCCCCCC. The minimum absolute atomic E-state index is 0.00157. The molecule has 0 heterocycles. The van der Waals surface area contributed by atoms with E-state index in [-0.39, 0.29) is 24.9 Å². The number of allylic oxidation sites excluding steroid dienone is 9. The predicted molar refractivity (Wildman–Crippen MR) is 282 cm³/mol. The van der Waals surface area contributed by atoms with Crippen molar-refractivity contribution < 1.29 is 24.5 Å². The highest BCUT2D eigenvalue weighted by Gasteiger charge is 2.23. The van der Waals surface area contributed by atoms with E-state index in [1.807, 2.05) is 6.08 Å². The summed E-state index contributed by atoms with van der Waals surface area (Å²) >= 11 is 0. The van der Waals surface area contributed by atoms with Crippen LogP contribution in [0.2, 0.25) is 0 Å². The van der Waals surface area contributed by atoms with Gasteiger partial charge >= 0.3 is 5.97 Å². The Balaban J connectivity index is 4.68. The first-order chi connectivity index (χ1) is 32.0. The second-order valence-corrected chi connectivity index (χ2v) is 19.0. The van der Waals surface area contributed by atoms with Gasteiger partial charge in [0.25, 0.3) is 0 Å². The lowest BCUT2D eigenvalue weighted by Crippen LogP contribution is -2.46. The predicted octanol–water partition coefficient (Wildman–Crippen LogP) is 17.2. The molecule has 3 unspecified atom stereocenters. The first-order valence-electron chi connectivity index (χ1n) is 28.0. The largest absolute Gasteiger partial charge is 0.461 e. The summed E-state index contributed by atoms with van der Waals surface area (Å²) in [5, 5.41) is 23.8. The van der Waals surface area contributed by atoms with Crippen molar-refractivity contribution in [2.24, 2.45) is 0 Å². The van der Waals surface area contributed by atoms with Gasteiger partial charge in [-0.25, -0.2) is 0 Å². The van der Waals surface area contributed by atoms with Gasteiger partial charge in [-0.3, -0.25) is 9.59 Å². The smallest absolute Gasteiger partial charge is 0.306 e. The van der Waals surface area contributed by atoms with Crippen LogP contribution in [0, 0.1) is 0 Å². The lowest BCUT2D eigenvalue weighted by atomic mass is 10.0. The van der Waals surface area contributed by atoms with E-state index in [0.717, 1.165) is 64.2 Å². The summed E-state index contributed by atoms with van der Waals surface area (Å²) in [7, 11) is 0. The third-order valence-electron chi connectivity index (χ3n) is 12.6. The van der Waals surface area contributed by atoms with Crippen LogP contribution in [0.25, 0.3) is 0 Å².